The number of ether oxygens (including phenoxy) is 1. The fourth-order valence-electron chi connectivity index (χ4n) is 3.07. The molecule has 0 radical (unpaired) electrons. The van der Waals surface area contributed by atoms with Crippen molar-refractivity contribution in [2.75, 3.05) is 39.3 Å². The summed E-state index contributed by atoms with van der Waals surface area (Å²) < 4.78 is 6.00. The maximum Gasteiger partial charge on any atom is 0.234 e. The van der Waals surface area contributed by atoms with Crippen LogP contribution < -0.4 is 10.1 Å². The lowest BCUT2D eigenvalue weighted by molar-refractivity contribution is -0.122. The highest BCUT2D eigenvalue weighted by Gasteiger charge is 2.19. The van der Waals surface area contributed by atoms with Gasteiger partial charge in [-0.05, 0) is 25.1 Å². The van der Waals surface area contributed by atoms with Crippen LogP contribution in [-0.4, -0.2) is 60.0 Å². The van der Waals surface area contributed by atoms with E-state index in [1.54, 1.807) is 12.4 Å². The zero-order valence-electron chi connectivity index (χ0n) is 15.2. The number of benzene rings is 1. The van der Waals surface area contributed by atoms with Crippen molar-refractivity contribution in [1.82, 2.24) is 20.1 Å². The number of nitrogens with one attached hydrogen (secondary N) is 1. The summed E-state index contributed by atoms with van der Waals surface area (Å²) in [6.07, 6.45) is 3.45. The predicted octanol–water partition coefficient (Wildman–Crippen LogP) is 2.13. The maximum atomic E-state index is 11.7. The van der Waals surface area contributed by atoms with Gasteiger partial charge >= 0.3 is 0 Å². The number of rotatable bonds is 7. The van der Waals surface area contributed by atoms with Crippen molar-refractivity contribution >= 4 is 5.91 Å². The molecule has 1 N–H and O–H groups in total. The van der Waals surface area contributed by atoms with Gasteiger partial charge in [0.15, 0.2) is 0 Å². The molecule has 1 saturated heterocycles. The Bertz CT molecular complexity index is 700. The van der Waals surface area contributed by atoms with E-state index in [2.05, 4.69) is 26.2 Å². The van der Waals surface area contributed by atoms with Gasteiger partial charge in [0.25, 0.3) is 0 Å². The summed E-state index contributed by atoms with van der Waals surface area (Å²) in [5, 5.41) is 2.86. The molecule has 0 unspecified atom stereocenters. The van der Waals surface area contributed by atoms with Crippen LogP contribution in [0.4, 0.5) is 0 Å². The Morgan fingerprint density at radius 3 is 2.62 bits per heavy atom. The number of aromatic nitrogens is 1. The summed E-state index contributed by atoms with van der Waals surface area (Å²) in [5.41, 5.74) is 1.16. The number of carbonyl (C=O) groups is 1. The molecule has 6 nitrogen and oxygen atoms in total. The first-order chi connectivity index (χ1) is 12.7. The number of carbonyl (C=O) groups excluding carboxylic acids is 1. The first-order valence-electron chi connectivity index (χ1n) is 9.12. The van der Waals surface area contributed by atoms with Gasteiger partial charge in [-0.3, -0.25) is 19.6 Å². The second-order valence-corrected chi connectivity index (χ2v) is 6.40. The number of hydrogen-bond acceptors (Lipinski definition) is 5. The number of para-hydroxylation sites is 1. The van der Waals surface area contributed by atoms with Gasteiger partial charge in [0.2, 0.25) is 5.91 Å². The summed E-state index contributed by atoms with van der Waals surface area (Å²) in [7, 11) is 0. The molecule has 0 spiro atoms. The van der Waals surface area contributed by atoms with Crippen LogP contribution in [0.15, 0.2) is 48.8 Å². The first-order valence-corrected chi connectivity index (χ1v) is 9.12. The number of pyridine rings is 1. The van der Waals surface area contributed by atoms with Crippen LogP contribution in [0, 0.1) is 0 Å². The van der Waals surface area contributed by atoms with Crippen molar-refractivity contribution in [3.63, 3.8) is 0 Å². The number of hydrogen-bond donors (Lipinski definition) is 1. The summed E-state index contributed by atoms with van der Waals surface area (Å²) in [6, 6.07) is 11.9. The molecule has 0 saturated carbocycles. The molecule has 1 fully saturated rings. The topological polar surface area (TPSA) is 57.7 Å². The zero-order chi connectivity index (χ0) is 18.2. The molecule has 3 rings (SSSR count). The van der Waals surface area contributed by atoms with E-state index in [1.807, 2.05) is 37.3 Å². The largest absolute Gasteiger partial charge is 0.455 e. The lowest BCUT2D eigenvalue weighted by atomic mass is 10.1. The van der Waals surface area contributed by atoms with Crippen LogP contribution in [0.25, 0.3) is 0 Å². The molecule has 1 aromatic heterocycles. The van der Waals surface area contributed by atoms with E-state index in [1.165, 1.54) is 0 Å². The standard InChI is InChI=1S/C20H26N4O2/c1-2-22-20(25)16-24-12-10-23(11-13-24)15-17-6-3-4-8-19(17)26-18-7-5-9-21-14-18/h3-9,14H,2,10-13,15-16H2,1H3,(H,22,25). The first kappa shape index (κ1) is 18.4. The molecular weight excluding hydrogens is 328 g/mol. The Morgan fingerprint density at radius 2 is 1.88 bits per heavy atom. The van der Waals surface area contributed by atoms with Crippen LogP contribution >= 0.6 is 0 Å². The van der Waals surface area contributed by atoms with E-state index in [9.17, 15) is 4.79 Å². The van der Waals surface area contributed by atoms with Gasteiger partial charge in [0, 0.05) is 51.0 Å². The molecule has 0 bridgehead atoms. The Labute approximate surface area is 154 Å². The van der Waals surface area contributed by atoms with Crippen LogP contribution in [-0.2, 0) is 11.3 Å². The Hall–Kier alpha value is -2.44. The smallest absolute Gasteiger partial charge is 0.234 e. The van der Waals surface area contributed by atoms with E-state index in [4.69, 9.17) is 4.74 Å². The van der Waals surface area contributed by atoms with E-state index < -0.39 is 0 Å². The fraction of sp³-hybridized carbons (Fsp3) is 0.400. The number of nitrogens with zero attached hydrogens (tertiary/aromatic N) is 3. The molecule has 1 aliphatic rings. The van der Waals surface area contributed by atoms with Crippen LogP contribution in [0.3, 0.4) is 0 Å². The average Bonchev–Trinajstić information content (AvgIpc) is 2.66. The van der Waals surface area contributed by atoms with Gasteiger partial charge in [-0.15, -0.1) is 0 Å². The normalized spacial score (nSPS) is 15.6. The molecule has 26 heavy (non-hydrogen) atoms. The summed E-state index contributed by atoms with van der Waals surface area (Å²) in [4.78, 5) is 20.4. The van der Waals surface area contributed by atoms with Crippen molar-refractivity contribution in [2.45, 2.75) is 13.5 Å². The second-order valence-electron chi connectivity index (χ2n) is 6.40. The Morgan fingerprint density at radius 1 is 1.12 bits per heavy atom. The number of piperazine rings is 1. The number of likely N-dealkylation sites (N-methyl/N-ethyl adjacent to an activating group) is 1. The molecule has 0 atom stereocenters. The third-order valence-electron chi connectivity index (χ3n) is 4.43. The summed E-state index contributed by atoms with van der Waals surface area (Å²) in [5.74, 6) is 1.72. The van der Waals surface area contributed by atoms with Crippen molar-refractivity contribution in [3.8, 4) is 11.5 Å². The van der Waals surface area contributed by atoms with E-state index >= 15 is 0 Å². The fourth-order valence-corrected chi connectivity index (χ4v) is 3.07. The molecular formula is C20H26N4O2. The molecule has 0 aliphatic carbocycles. The third kappa shape index (κ3) is 5.28. The highest BCUT2D eigenvalue weighted by Crippen LogP contribution is 2.25. The minimum absolute atomic E-state index is 0.108. The van der Waals surface area contributed by atoms with Crippen molar-refractivity contribution in [3.05, 3.63) is 54.4 Å². The second kappa shape index (κ2) is 9.31. The Balaban J connectivity index is 1.55. The van der Waals surface area contributed by atoms with E-state index in [0.717, 1.165) is 49.8 Å². The monoisotopic (exact) mass is 354 g/mol. The molecule has 1 aliphatic heterocycles. The molecule has 2 heterocycles. The van der Waals surface area contributed by atoms with Crippen LogP contribution in [0.2, 0.25) is 0 Å². The molecule has 1 amide bonds. The number of amides is 1. The van der Waals surface area contributed by atoms with Gasteiger partial charge in [0.05, 0.1) is 12.7 Å². The molecule has 1 aromatic carbocycles. The SMILES string of the molecule is CCNC(=O)CN1CCN(Cc2ccccc2Oc2cccnc2)CC1. The van der Waals surface area contributed by atoms with Crippen molar-refractivity contribution in [2.24, 2.45) is 0 Å². The van der Waals surface area contributed by atoms with E-state index in [-0.39, 0.29) is 5.91 Å². The Kier molecular flexibility index (Phi) is 6.57. The van der Waals surface area contributed by atoms with Crippen LogP contribution in [0.5, 0.6) is 11.5 Å². The van der Waals surface area contributed by atoms with Crippen molar-refractivity contribution in [1.29, 1.82) is 0 Å². The van der Waals surface area contributed by atoms with E-state index in [0.29, 0.717) is 13.1 Å². The zero-order valence-corrected chi connectivity index (χ0v) is 15.2. The third-order valence-corrected chi connectivity index (χ3v) is 4.43. The summed E-state index contributed by atoms with van der Waals surface area (Å²) in [6.45, 7) is 7.66. The molecule has 2 aromatic rings. The quantitative estimate of drug-likeness (QED) is 0.825. The average molecular weight is 354 g/mol. The lowest BCUT2D eigenvalue weighted by Crippen LogP contribution is -2.49. The minimum atomic E-state index is 0.108. The van der Waals surface area contributed by atoms with Crippen molar-refractivity contribution < 1.29 is 9.53 Å². The molecule has 138 valence electrons. The van der Waals surface area contributed by atoms with Gasteiger partial charge in [0.1, 0.15) is 11.5 Å². The minimum Gasteiger partial charge on any atom is -0.455 e. The summed E-state index contributed by atoms with van der Waals surface area (Å²) >= 11 is 0. The van der Waals surface area contributed by atoms with Gasteiger partial charge in [-0.2, -0.15) is 0 Å². The van der Waals surface area contributed by atoms with Gasteiger partial charge in [-0.25, -0.2) is 0 Å². The highest BCUT2D eigenvalue weighted by molar-refractivity contribution is 5.77. The highest BCUT2D eigenvalue weighted by atomic mass is 16.5. The van der Waals surface area contributed by atoms with Gasteiger partial charge in [-0.1, -0.05) is 18.2 Å². The molecule has 6 heteroatoms. The predicted molar refractivity (Wildman–Crippen MR) is 101 cm³/mol. The lowest BCUT2D eigenvalue weighted by Gasteiger charge is -2.34. The van der Waals surface area contributed by atoms with Crippen LogP contribution in [0.1, 0.15) is 12.5 Å². The van der Waals surface area contributed by atoms with Gasteiger partial charge < -0.3 is 10.1 Å². The maximum absolute atomic E-state index is 11.7.